The summed E-state index contributed by atoms with van der Waals surface area (Å²) < 4.78 is 5.73. The molecule has 5 heteroatoms. The van der Waals surface area contributed by atoms with Crippen LogP contribution in [-0.2, 0) is 19.4 Å². The fraction of sp³-hybridized carbons (Fsp3) is 0.333. The quantitative estimate of drug-likeness (QED) is 0.867. The van der Waals surface area contributed by atoms with Gasteiger partial charge in [-0.3, -0.25) is 4.98 Å². The molecule has 0 aliphatic heterocycles. The Morgan fingerprint density at radius 3 is 2.82 bits per heavy atom. The number of hydrogen-bond acceptors (Lipinski definition) is 4. The average molecular weight is 234 g/mol. The molecule has 2 heterocycles. The zero-order valence-corrected chi connectivity index (χ0v) is 9.59. The zero-order valence-electron chi connectivity index (χ0n) is 9.59. The van der Waals surface area contributed by atoms with Crippen LogP contribution in [0.4, 0.5) is 0 Å². The van der Waals surface area contributed by atoms with Gasteiger partial charge in [0.05, 0.1) is 0 Å². The highest BCUT2D eigenvalue weighted by atomic mass is 16.4. The molecule has 0 unspecified atom stereocenters. The van der Waals surface area contributed by atoms with Crippen molar-refractivity contribution in [1.29, 1.82) is 0 Å². The summed E-state index contributed by atoms with van der Waals surface area (Å²) in [4.78, 5) is 15.5. The Bertz CT molecular complexity index is 540. The summed E-state index contributed by atoms with van der Waals surface area (Å²) in [5, 5.41) is 9.34. The Morgan fingerprint density at radius 1 is 1.47 bits per heavy atom. The second-order valence-corrected chi connectivity index (χ2v) is 3.77. The van der Waals surface area contributed by atoms with Crippen LogP contribution in [0.2, 0.25) is 0 Å². The molecule has 0 amide bonds. The van der Waals surface area contributed by atoms with Gasteiger partial charge in [-0.05, 0) is 18.1 Å². The highest BCUT2D eigenvalue weighted by Crippen LogP contribution is 2.07. The number of nitrogens with zero attached hydrogens (tertiary/aromatic N) is 2. The van der Waals surface area contributed by atoms with E-state index in [9.17, 15) is 9.90 Å². The number of rotatable bonds is 4. The highest BCUT2D eigenvalue weighted by molar-refractivity contribution is 5.14. The Hall–Kier alpha value is -2.04. The van der Waals surface area contributed by atoms with Crippen molar-refractivity contribution in [3.8, 4) is 5.88 Å². The minimum absolute atomic E-state index is 0.153. The number of hydrogen-bond donors (Lipinski definition) is 1. The maximum absolute atomic E-state index is 11.2. The first kappa shape index (κ1) is 11.4. The SMILES string of the molecule is CCc1ccc(CCn2c(O)coc2=O)nc1. The van der Waals surface area contributed by atoms with E-state index in [1.54, 1.807) is 0 Å². The average Bonchev–Trinajstić information content (AvgIpc) is 2.67. The van der Waals surface area contributed by atoms with Gasteiger partial charge in [0.15, 0.2) is 6.26 Å². The molecular formula is C12H14N2O3. The van der Waals surface area contributed by atoms with Gasteiger partial charge in [-0.25, -0.2) is 9.36 Å². The van der Waals surface area contributed by atoms with Crippen LogP contribution in [0.5, 0.6) is 5.88 Å². The standard InChI is InChI=1S/C12H14N2O3/c1-2-9-3-4-10(13-7-9)5-6-14-11(15)8-17-12(14)16/h3-4,7-8,15H,2,5-6H2,1H3. The molecule has 0 aliphatic rings. The predicted octanol–water partition coefficient (Wildman–Crippen LogP) is 1.35. The number of aromatic nitrogens is 2. The molecule has 90 valence electrons. The number of pyridine rings is 1. The lowest BCUT2D eigenvalue weighted by Gasteiger charge is -2.02. The van der Waals surface area contributed by atoms with Crippen LogP contribution in [-0.4, -0.2) is 14.7 Å². The Balaban J connectivity index is 2.05. The van der Waals surface area contributed by atoms with Gasteiger partial charge < -0.3 is 9.52 Å². The largest absolute Gasteiger partial charge is 0.492 e. The molecule has 0 atom stereocenters. The van der Waals surface area contributed by atoms with Crippen LogP contribution < -0.4 is 5.76 Å². The van der Waals surface area contributed by atoms with Crippen LogP contribution in [0.1, 0.15) is 18.2 Å². The number of aromatic hydroxyl groups is 1. The van der Waals surface area contributed by atoms with Gasteiger partial charge in [-0.1, -0.05) is 13.0 Å². The molecule has 0 radical (unpaired) electrons. The lowest BCUT2D eigenvalue weighted by atomic mass is 10.2. The van der Waals surface area contributed by atoms with Crippen LogP contribution in [0, 0.1) is 0 Å². The van der Waals surface area contributed by atoms with Crippen LogP contribution >= 0.6 is 0 Å². The normalized spacial score (nSPS) is 10.6. The van der Waals surface area contributed by atoms with Crippen molar-refractivity contribution in [2.75, 3.05) is 0 Å². The van der Waals surface area contributed by atoms with Crippen molar-refractivity contribution in [1.82, 2.24) is 9.55 Å². The lowest BCUT2D eigenvalue weighted by Crippen LogP contribution is -2.15. The van der Waals surface area contributed by atoms with E-state index < -0.39 is 5.76 Å². The molecule has 5 nitrogen and oxygen atoms in total. The van der Waals surface area contributed by atoms with E-state index >= 15 is 0 Å². The molecule has 0 spiro atoms. The molecule has 0 aliphatic carbocycles. The zero-order chi connectivity index (χ0) is 12.3. The number of oxazole rings is 1. The maximum atomic E-state index is 11.2. The first-order valence-electron chi connectivity index (χ1n) is 5.52. The third kappa shape index (κ3) is 2.55. The summed E-state index contributed by atoms with van der Waals surface area (Å²) in [7, 11) is 0. The molecule has 2 aromatic rings. The van der Waals surface area contributed by atoms with E-state index in [0.717, 1.165) is 18.4 Å². The molecule has 0 aromatic carbocycles. The smallest absolute Gasteiger partial charge is 0.421 e. The van der Waals surface area contributed by atoms with Crippen molar-refractivity contribution in [3.63, 3.8) is 0 Å². The molecule has 0 saturated heterocycles. The molecule has 2 aromatic heterocycles. The first-order valence-corrected chi connectivity index (χ1v) is 5.52. The minimum atomic E-state index is -0.548. The monoisotopic (exact) mass is 234 g/mol. The van der Waals surface area contributed by atoms with E-state index in [1.165, 1.54) is 10.1 Å². The van der Waals surface area contributed by atoms with E-state index in [4.69, 9.17) is 0 Å². The summed E-state index contributed by atoms with van der Waals surface area (Å²) in [5.41, 5.74) is 2.06. The maximum Gasteiger partial charge on any atom is 0.421 e. The van der Waals surface area contributed by atoms with Crippen LogP contribution in [0.25, 0.3) is 0 Å². The fourth-order valence-electron chi connectivity index (χ4n) is 1.57. The Morgan fingerprint density at radius 2 is 2.29 bits per heavy atom. The van der Waals surface area contributed by atoms with E-state index in [1.807, 2.05) is 18.3 Å². The molecule has 0 bridgehead atoms. The molecule has 17 heavy (non-hydrogen) atoms. The van der Waals surface area contributed by atoms with Crippen molar-refractivity contribution >= 4 is 0 Å². The Labute approximate surface area is 98.3 Å². The minimum Gasteiger partial charge on any atom is -0.492 e. The van der Waals surface area contributed by atoms with E-state index in [2.05, 4.69) is 16.3 Å². The van der Waals surface area contributed by atoms with Crippen molar-refractivity contribution in [2.45, 2.75) is 26.3 Å². The first-order chi connectivity index (χ1) is 8.20. The summed E-state index contributed by atoms with van der Waals surface area (Å²) in [6.07, 6.45) is 4.40. The van der Waals surface area contributed by atoms with Crippen molar-refractivity contribution < 1.29 is 9.52 Å². The van der Waals surface area contributed by atoms with Gasteiger partial charge in [0.2, 0.25) is 5.88 Å². The van der Waals surface area contributed by atoms with Gasteiger partial charge in [-0.15, -0.1) is 0 Å². The summed E-state index contributed by atoms with van der Waals surface area (Å²) in [6, 6.07) is 3.95. The number of aryl methyl sites for hydroxylation is 2. The highest BCUT2D eigenvalue weighted by Gasteiger charge is 2.06. The summed E-state index contributed by atoms with van der Waals surface area (Å²) in [6.45, 7) is 2.43. The second kappa shape index (κ2) is 4.86. The third-order valence-electron chi connectivity index (χ3n) is 2.65. The van der Waals surface area contributed by atoms with Gasteiger partial charge >= 0.3 is 5.76 Å². The summed E-state index contributed by atoms with van der Waals surface area (Å²) in [5.74, 6) is -0.701. The topological polar surface area (TPSA) is 68.3 Å². The predicted molar refractivity (Wildman–Crippen MR) is 62.0 cm³/mol. The van der Waals surface area contributed by atoms with E-state index in [-0.39, 0.29) is 5.88 Å². The molecule has 0 saturated carbocycles. The lowest BCUT2D eigenvalue weighted by molar-refractivity contribution is 0.412. The molecule has 0 fully saturated rings. The Kier molecular flexibility index (Phi) is 3.27. The van der Waals surface area contributed by atoms with Gasteiger partial charge in [0, 0.05) is 24.9 Å². The van der Waals surface area contributed by atoms with Gasteiger partial charge in [0.1, 0.15) is 0 Å². The summed E-state index contributed by atoms with van der Waals surface area (Å²) >= 11 is 0. The third-order valence-corrected chi connectivity index (χ3v) is 2.65. The van der Waals surface area contributed by atoms with Gasteiger partial charge in [0.25, 0.3) is 0 Å². The van der Waals surface area contributed by atoms with Crippen LogP contribution in [0.15, 0.2) is 33.8 Å². The second-order valence-electron chi connectivity index (χ2n) is 3.77. The fourth-order valence-corrected chi connectivity index (χ4v) is 1.57. The van der Waals surface area contributed by atoms with E-state index in [0.29, 0.717) is 13.0 Å². The van der Waals surface area contributed by atoms with Crippen molar-refractivity contribution in [3.05, 3.63) is 46.4 Å². The molecule has 2 rings (SSSR count). The van der Waals surface area contributed by atoms with Crippen LogP contribution in [0.3, 0.4) is 0 Å². The molecular weight excluding hydrogens is 220 g/mol. The van der Waals surface area contributed by atoms with Gasteiger partial charge in [-0.2, -0.15) is 0 Å². The molecule has 1 N–H and O–H groups in total. The van der Waals surface area contributed by atoms with Crippen molar-refractivity contribution in [2.24, 2.45) is 0 Å².